The molecule has 88 valence electrons. The molecular formula is C10H11BrO5. The summed E-state index contributed by atoms with van der Waals surface area (Å²) in [6.45, 7) is 1.56. The van der Waals surface area contributed by atoms with Crippen LogP contribution in [0.15, 0.2) is 4.47 Å². The second kappa shape index (κ2) is 4.61. The average Bonchev–Trinajstić information content (AvgIpc) is 2.24. The predicted molar refractivity (Wildman–Crippen MR) is 60.6 cm³/mol. The average molecular weight is 291 g/mol. The maximum Gasteiger partial charge on any atom is 0.339 e. The van der Waals surface area contributed by atoms with Gasteiger partial charge in [0.1, 0.15) is 5.56 Å². The molecule has 2 N–H and O–H groups in total. The van der Waals surface area contributed by atoms with E-state index >= 15 is 0 Å². The molecule has 0 aliphatic carbocycles. The molecule has 6 heteroatoms. The van der Waals surface area contributed by atoms with E-state index in [1.807, 2.05) is 0 Å². The number of hydrogen-bond donors (Lipinski definition) is 2. The largest absolute Gasteiger partial charge is 0.503 e. The standard InChI is InChI=1S/C10H11BrO5/c1-4-5(10(13)14)8(15-2)9(16-3)7(12)6(4)11/h12H,1-3H3,(H,13,14). The van der Waals surface area contributed by atoms with Gasteiger partial charge in [-0.05, 0) is 28.4 Å². The Labute approximate surface area is 101 Å². The monoisotopic (exact) mass is 290 g/mol. The lowest BCUT2D eigenvalue weighted by Gasteiger charge is -2.15. The molecule has 0 spiro atoms. The highest BCUT2D eigenvalue weighted by atomic mass is 79.9. The maximum atomic E-state index is 11.1. The molecule has 1 aromatic rings. The molecule has 16 heavy (non-hydrogen) atoms. The molecule has 0 aliphatic heterocycles. The van der Waals surface area contributed by atoms with Crippen molar-refractivity contribution < 1.29 is 24.5 Å². The molecule has 0 heterocycles. The van der Waals surface area contributed by atoms with Crippen LogP contribution >= 0.6 is 15.9 Å². The first-order valence-electron chi connectivity index (χ1n) is 4.32. The SMILES string of the molecule is COc1c(O)c(Br)c(C)c(C(=O)O)c1OC. The van der Waals surface area contributed by atoms with Gasteiger partial charge in [0, 0.05) is 0 Å². The summed E-state index contributed by atoms with van der Waals surface area (Å²) in [7, 11) is 2.64. The van der Waals surface area contributed by atoms with Crippen molar-refractivity contribution in [3.05, 3.63) is 15.6 Å². The van der Waals surface area contributed by atoms with Gasteiger partial charge in [-0.15, -0.1) is 0 Å². The number of carboxylic acids is 1. The molecule has 1 rings (SSSR count). The molecule has 5 nitrogen and oxygen atoms in total. The van der Waals surface area contributed by atoms with Crippen molar-refractivity contribution in [2.24, 2.45) is 0 Å². The Hall–Kier alpha value is -1.43. The van der Waals surface area contributed by atoms with Crippen LogP contribution in [0.3, 0.4) is 0 Å². The number of carbonyl (C=O) groups is 1. The Balaban J connectivity index is 3.72. The van der Waals surface area contributed by atoms with Crippen LogP contribution in [0.4, 0.5) is 0 Å². The van der Waals surface area contributed by atoms with Gasteiger partial charge in [-0.25, -0.2) is 4.79 Å². The fourth-order valence-corrected chi connectivity index (χ4v) is 1.80. The van der Waals surface area contributed by atoms with Crippen molar-refractivity contribution in [2.45, 2.75) is 6.92 Å². The van der Waals surface area contributed by atoms with Crippen molar-refractivity contribution in [2.75, 3.05) is 14.2 Å². The summed E-state index contributed by atoms with van der Waals surface area (Å²) < 4.78 is 10.2. The van der Waals surface area contributed by atoms with Crippen molar-refractivity contribution in [1.82, 2.24) is 0 Å². The fraction of sp³-hybridized carbons (Fsp3) is 0.300. The molecule has 0 saturated carbocycles. The summed E-state index contributed by atoms with van der Waals surface area (Å²) in [4.78, 5) is 11.1. The quantitative estimate of drug-likeness (QED) is 0.892. The fourth-order valence-electron chi connectivity index (χ4n) is 1.42. The van der Waals surface area contributed by atoms with E-state index in [1.54, 1.807) is 6.92 Å². The van der Waals surface area contributed by atoms with Crippen LogP contribution in [-0.4, -0.2) is 30.4 Å². The van der Waals surface area contributed by atoms with Crippen molar-refractivity contribution >= 4 is 21.9 Å². The van der Waals surface area contributed by atoms with Crippen LogP contribution in [0, 0.1) is 6.92 Å². The van der Waals surface area contributed by atoms with Crippen molar-refractivity contribution in [1.29, 1.82) is 0 Å². The van der Waals surface area contributed by atoms with Crippen LogP contribution < -0.4 is 9.47 Å². The van der Waals surface area contributed by atoms with E-state index in [-0.39, 0.29) is 27.3 Å². The Morgan fingerprint density at radius 2 is 1.75 bits per heavy atom. The smallest absolute Gasteiger partial charge is 0.339 e. The minimum atomic E-state index is -1.15. The summed E-state index contributed by atoms with van der Waals surface area (Å²) in [6, 6.07) is 0. The number of phenolic OH excluding ortho intramolecular Hbond substituents is 1. The summed E-state index contributed by atoms with van der Waals surface area (Å²) in [5.74, 6) is -1.32. The molecule has 0 unspecified atom stereocenters. The predicted octanol–water partition coefficient (Wildman–Crippen LogP) is 2.18. The lowest BCUT2D eigenvalue weighted by atomic mass is 10.1. The Morgan fingerprint density at radius 3 is 2.12 bits per heavy atom. The summed E-state index contributed by atoms with van der Waals surface area (Å²) in [5, 5.41) is 18.8. The van der Waals surface area contributed by atoms with E-state index in [0.29, 0.717) is 5.56 Å². The number of carboxylic acid groups (broad SMARTS) is 1. The van der Waals surface area contributed by atoms with Gasteiger partial charge in [0.05, 0.1) is 18.7 Å². The molecule has 0 aliphatic rings. The first-order valence-corrected chi connectivity index (χ1v) is 5.11. The number of halogens is 1. The highest BCUT2D eigenvalue weighted by molar-refractivity contribution is 9.10. The third-order valence-electron chi connectivity index (χ3n) is 2.18. The van der Waals surface area contributed by atoms with Gasteiger partial charge in [-0.3, -0.25) is 0 Å². The number of ether oxygens (including phenoxy) is 2. The minimum Gasteiger partial charge on any atom is -0.503 e. The molecule has 0 saturated heterocycles. The van der Waals surface area contributed by atoms with E-state index in [9.17, 15) is 9.90 Å². The maximum absolute atomic E-state index is 11.1. The summed E-state index contributed by atoms with van der Waals surface area (Å²) in [6.07, 6.45) is 0. The first-order chi connectivity index (χ1) is 7.45. The van der Waals surface area contributed by atoms with Gasteiger partial charge >= 0.3 is 5.97 Å². The zero-order valence-electron chi connectivity index (χ0n) is 9.00. The van der Waals surface area contributed by atoms with Gasteiger partial charge in [0.25, 0.3) is 0 Å². The third-order valence-corrected chi connectivity index (χ3v) is 3.15. The van der Waals surface area contributed by atoms with E-state index in [4.69, 9.17) is 14.6 Å². The molecule has 1 aromatic carbocycles. The van der Waals surface area contributed by atoms with Crippen molar-refractivity contribution in [3.63, 3.8) is 0 Å². The normalized spacial score (nSPS) is 10.0. The number of hydrogen-bond acceptors (Lipinski definition) is 4. The van der Waals surface area contributed by atoms with Crippen LogP contribution in [-0.2, 0) is 0 Å². The van der Waals surface area contributed by atoms with E-state index in [2.05, 4.69) is 15.9 Å². The Morgan fingerprint density at radius 1 is 1.25 bits per heavy atom. The van der Waals surface area contributed by atoms with E-state index in [1.165, 1.54) is 14.2 Å². The Kier molecular flexibility index (Phi) is 3.64. The van der Waals surface area contributed by atoms with Crippen LogP contribution in [0.2, 0.25) is 0 Å². The molecule has 0 atom stereocenters. The van der Waals surface area contributed by atoms with Gasteiger partial charge in [0.15, 0.2) is 11.5 Å². The van der Waals surface area contributed by atoms with Crippen LogP contribution in [0.1, 0.15) is 15.9 Å². The molecule has 0 fully saturated rings. The number of rotatable bonds is 3. The van der Waals surface area contributed by atoms with Crippen LogP contribution in [0.5, 0.6) is 17.2 Å². The number of aromatic carboxylic acids is 1. The molecule has 0 bridgehead atoms. The molecule has 0 amide bonds. The molecular weight excluding hydrogens is 280 g/mol. The lowest BCUT2D eigenvalue weighted by Crippen LogP contribution is -2.06. The van der Waals surface area contributed by atoms with Crippen molar-refractivity contribution in [3.8, 4) is 17.2 Å². The highest BCUT2D eigenvalue weighted by Crippen LogP contribution is 2.46. The second-order valence-corrected chi connectivity index (χ2v) is 3.83. The first kappa shape index (κ1) is 12.6. The number of phenols is 1. The van der Waals surface area contributed by atoms with Crippen LogP contribution in [0.25, 0.3) is 0 Å². The topological polar surface area (TPSA) is 76.0 Å². The van der Waals surface area contributed by atoms with Gasteiger partial charge in [0.2, 0.25) is 5.75 Å². The van der Waals surface area contributed by atoms with Gasteiger partial charge in [-0.1, -0.05) is 0 Å². The lowest BCUT2D eigenvalue weighted by molar-refractivity contribution is 0.0691. The zero-order chi connectivity index (χ0) is 12.5. The highest BCUT2D eigenvalue weighted by Gasteiger charge is 2.25. The number of methoxy groups -OCH3 is 2. The third kappa shape index (κ3) is 1.80. The zero-order valence-corrected chi connectivity index (χ0v) is 10.6. The molecule has 0 aromatic heterocycles. The van der Waals surface area contributed by atoms with Gasteiger partial charge < -0.3 is 19.7 Å². The number of benzene rings is 1. The van der Waals surface area contributed by atoms with E-state index in [0.717, 1.165) is 0 Å². The Bertz CT molecular complexity index is 442. The van der Waals surface area contributed by atoms with Gasteiger partial charge in [-0.2, -0.15) is 0 Å². The molecule has 0 radical (unpaired) electrons. The summed E-state index contributed by atoms with van der Waals surface area (Å²) >= 11 is 3.10. The number of aromatic hydroxyl groups is 1. The second-order valence-electron chi connectivity index (χ2n) is 3.03. The van der Waals surface area contributed by atoms with E-state index < -0.39 is 5.97 Å². The minimum absolute atomic E-state index is 0.00243. The summed E-state index contributed by atoms with van der Waals surface area (Å²) in [5.41, 5.74) is 0.340.